The molecule has 1 aliphatic heterocycles. The van der Waals surface area contributed by atoms with Crippen LogP contribution in [-0.2, 0) is 24.4 Å². The SMILES string of the molecule is Cc1ccc(CC(Br)c2ccc3c(c2)COC3)nc1. The van der Waals surface area contributed by atoms with Crippen molar-refractivity contribution in [3.8, 4) is 0 Å². The first-order chi connectivity index (χ1) is 9.22. The maximum absolute atomic E-state index is 5.45. The Bertz CT molecular complexity index is 580. The standard InChI is InChI=1S/C16H16BrNO/c1-11-2-5-15(18-8-11)7-16(17)12-3-4-13-9-19-10-14(13)6-12/h2-6,8,16H,7,9-10H2,1H3. The Kier molecular flexibility index (Phi) is 3.67. The maximum Gasteiger partial charge on any atom is 0.0725 e. The predicted octanol–water partition coefficient (Wildman–Crippen LogP) is 4.10. The highest BCUT2D eigenvalue weighted by molar-refractivity contribution is 9.09. The minimum absolute atomic E-state index is 0.300. The number of halogens is 1. The summed E-state index contributed by atoms with van der Waals surface area (Å²) < 4.78 is 5.45. The molecule has 1 unspecified atom stereocenters. The lowest BCUT2D eigenvalue weighted by atomic mass is 10.0. The number of ether oxygens (including phenoxy) is 1. The van der Waals surface area contributed by atoms with E-state index < -0.39 is 0 Å². The fraction of sp³-hybridized carbons (Fsp3) is 0.312. The Morgan fingerprint density at radius 2 is 2.05 bits per heavy atom. The molecule has 0 amide bonds. The minimum Gasteiger partial charge on any atom is -0.372 e. The zero-order valence-corrected chi connectivity index (χ0v) is 12.5. The lowest BCUT2D eigenvalue weighted by Crippen LogP contribution is -1.99. The van der Waals surface area contributed by atoms with Crippen LogP contribution in [0.2, 0.25) is 0 Å². The van der Waals surface area contributed by atoms with Gasteiger partial charge in [-0.3, -0.25) is 4.98 Å². The van der Waals surface area contributed by atoms with Gasteiger partial charge in [0.2, 0.25) is 0 Å². The van der Waals surface area contributed by atoms with Crippen molar-refractivity contribution >= 4 is 15.9 Å². The Hall–Kier alpha value is -1.19. The number of hydrogen-bond donors (Lipinski definition) is 0. The summed E-state index contributed by atoms with van der Waals surface area (Å²) in [5.74, 6) is 0. The molecule has 1 atom stereocenters. The van der Waals surface area contributed by atoms with Gasteiger partial charge in [-0.25, -0.2) is 0 Å². The zero-order chi connectivity index (χ0) is 13.2. The highest BCUT2D eigenvalue weighted by Gasteiger charge is 2.15. The van der Waals surface area contributed by atoms with Crippen LogP contribution >= 0.6 is 15.9 Å². The van der Waals surface area contributed by atoms with E-state index in [4.69, 9.17) is 4.74 Å². The molecule has 0 radical (unpaired) electrons. The van der Waals surface area contributed by atoms with Crippen LogP contribution in [-0.4, -0.2) is 4.98 Å². The lowest BCUT2D eigenvalue weighted by Gasteiger charge is -2.11. The average Bonchev–Trinajstić information content (AvgIpc) is 2.88. The minimum atomic E-state index is 0.300. The highest BCUT2D eigenvalue weighted by atomic mass is 79.9. The van der Waals surface area contributed by atoms with E-state index in [1.807, 2.05) is 6.20 Å². The summed E-state index contributed by atoms with van der Waals surface area (Å²) in [5, 5.41) is 0. The van der Waals surface area contributed by atoms with Crippen LogP contribution in [0.25, 0.3) is 0 Å². The second-order valence-electron chi connectivity index (χ2n) is 5.02. The van der Waals surface area contributed by atoms with Crippen LogP contribution in [0.5, 0.6) is 0 Å². The van der Waals surface area contributed by atoms with Crippen molar-refractivity contribution in [2.45, 2.75) is 31.4 Å². The van der Waals surface area contributed by atoms with Crippen molar-refractivity contribution < 1.29 is 4.74 Å². The summed E-state index contributed by atoms with van der Waals surface area (Å²) in [6.45, 7) is 3.55. The molecule has 1 aromatic carbocycles. The molecule has 1 aliphatic rings. The fourth-order valence-corrected chi connectivity index (χ4v) is 2.92. The number of pyridine rings is 1. The predicted molar refractivity (Wildman–Crippen MR) is 79.3 cm³/mol. The summed E-state index contributed by atoms with van der Waals surface area (Å²) in [4.78, 5) is 4.76. The van der Waals surface area contributed by atoms with Gasteiger partial charge < -0.3 is 4.74 Å². The molecule has 19 heavy (non-hydrogen) atoms. The summed E-state index contributed by atoms with van der Waals surface area (Å²) in [7, 11) is 0. The highest BCUT2D eigenvalue weighted by Crippen LogP contribution is 2.30. The van der Waals surface area contributed by atoms with E-state index in [1.54, 1.807) is 0 Å². The van der Waals surface area contributed by atoms with Crippen molar-refractivity contribution in [3.05, 3.63) is 64.5 Å². The van der Waals surface area contributed by atoms with E-state index in [9.17, 15) is 0 Å². The first-order valence-electron chi connectivity index (χ1n) is 6.47. The number of benzene rings is 1. The molecule has 0 fully saturated rings. The van der Waals surface area contributed by atoms with Crippen molar-refractivity contribution in [1.29, 1.82) is 0 Å². The number of hydrogen-bond acceptors (Lipinski definition) is 2. The largest absolute Gasteiger partial charge is 0.372 e. The van der Waals surface area contributed by atoms with Gasteiger partial charge in [-0.05, 0) is 35.2 Å². The van der Waals surface area contributed by atoms with E-state index in [-0.39, 0.29) is 0 Å². The van der Waals surface area contributed by atoms with Gasteiger partial charge in [0.25, 0.3) is 0 Å². The van der Waals surface area contributed by atoms with Crippen molar-refractivity contribution in [3.63, 3.8) is 0 Å². The van der Waals surface area contributed by atoms with Crippen LogP contribution < -0.4 is 0 Å². The third-order valence-electron chi connectivity index (χ3n) is 3.47. The Labute approximate surface area is 122 Å². The van der Waals surface area contributed by atoms with E-state index in [0.29, 0.717) is 4.83 Å². The molecular formula is C16H16BrNO. The van der Waals surface area contributed by atoms with E-state index in [2.05, 4.69) is 58.2 Å². The van der Waals surface area contributed by atoms with Gasteiger partial charge in [0.1, 0.15) is 0 Å². The topological polar surface area (TPSA) is 22.1 Å². The number of fused-ring (bicyclic) bond motifs is 1. The van der Waals surface area contributed by atoms with Gasteiger partial charge in [0, 0.05) is 23.1 Å². The summed E-state index contributed by atoms with van der Waals surface area (Å²) >= 11 is 3.77. The van der Waals surface area contributed by atoms with E-state index >= 15 is 0 Å². The Morgan fingerprint density at radius 1 is 1.21 bits per heavy atom. The molecule has 2 aromatic rings. The van der Waals surface area contributed by atoms with Gasteiger partial charge in [-0.2, -0.15) is 0 Å². The molecule has 0 saturated heterocycles. The molecule has 2 nitrogen and oxygen atoms in total. The zero-order valence-electron chi connectivity index (χ0n) is 10.9. The van der Waals surface area contributed by atoms with Crippen LogP contribution in [0.15, 0.2) is 36.5 Å². The van der Waals surface area contributed by atoms with E-state index in [0.717, 1.165) is 25.3 Å². The van der Waals surface area contributed by atoms with Gasteiger partial charge in [0.15, 0.2) is 0 Å². The first kappa shape index (κ1) is 12.8. The molecule has 0 aliphatic carbocycles. The normalized spacial score (nSPS) is 15.3. The van der Waals surface area contributed by atoms with Crippen LogP contribution in [0.1, 0.15) is 32.8 Å². The van der Waals surface area contributed by atoms with Crippen LogP contribution in [0.3, 0.4) is 0 Å². The van der Waals surface area contributed by atoms with Gasteiger partial charge in [-0.15, -0.1) is 0 Å². The lowest BCUT2D eigenvalue weighted by molar-refractivity contribution is 0.134. The molecule has 0 bridgehead atoms. The number of aromatic nitrogens is 1. The Morgan fingerprint density at radius 3 is 2.84 bits per heavy atom. The smallest absolute Gasteiger partial charge is 0.0725 e. The second kappa shape index (κ2) is 5.43. The van der Waals surface area contributed by atoms with Crippen molar-refractivity contribution in [2.75, 3.05) is 0 Å². The molecule has 0 N–H and O–H groups in total. The second-order valence-corrected chi connectivity index (χ2v) is 6.12. The molecule has 98 valence electrons. The molecule has 0 spiro atoms. The van der Waals surface area contributed by atoms with Crippen LogP contribution in [0.4, 0.5) is 0 Å². The summed E-state index contributed by atoms with van der Waals surface area (Å²) in [6, 6.07) is 10.8. The van der Waals surface area contributed by atoms with Crippen molar-refractivity contribution in [2.24, 2.45) is 0 Å². The maximum atomic E-state index is 5.45. The summed E-state index contributed by atoms with van der Waals surface area (Å²) in [5.41, 5.74) is 6.25. The molecular weight excluding hydrogens is 302 g/mol. The van der Waals surface area contributed by atoms with Crippen molar-refractivity contribution in [1.82, 2.24) is 4.98 Å². The monoisotopic (exact) mass is 317 g/mol. The van der Waals surface area contributed by atoms with Gasteiger partial charge in [-0.1, -0.05) is 40.2 Å². The molecule has 3 heteroatoms. The molecule has 1 aromatic heterocycles. The Balaban J connectivity index is 1.76. The van der Waals surface area contributed by atoms with Gasteiger partial charge >= 0.3 is 0 Å². The summed E-state index contributed by atoms with van der Waals surface area (Å²) in [6.07, 6.45) is 2.82. The molecule has 0 saturated carbocycles. The van der Waals surface area contributed by atoms with Gasteiger partial charge in [0.05, 0.1) is 13.2 Å². The first-order valence-corrected chi connectivity index (χ1v) is 7.39. The molecule has 2 heterocycles. The average molecular weight is 318 g/mol. The fourth-order valence-electron chi connectivity index (χ4n) is 2.31. The number of aryl methyl sites for hydroxylation is 1. The molecule has 3 rings (SSSR count). The number of nitrogens with zero attached hydrogens (tertiary/aromatic N) is 1. The van der Waals surface area contributed by atoms with E-state index in [1.165, 1.54) is 22.3 Å². The third-order valence-corrected chi connectivity index (χ3v) is 4.32. The third kappa shape index (κ3) is 2.88. The van der Waals surface area contributed by atoms with Crippen LogP contribution in [0, 0.1) is 6.92 Å². The quantitative estimate of drug-likeness (QED) is 0.795. The number of alkyl halides is 1. The number of rotatable bonds is 3.